The van der Waals surface area contributed by atoms with Gasteiger partial charge in [-0.15, -0.1) is 0 Å². The standard InChI is InChI=1S/C24H28ClN3O5S/c1-4-16(2)26-23(30)17(3)27(15-18-9-5-7-11-20(18)25)22(29)13-14-28-24(31)19-10-6-8-12-21(19)34(28,32)33/h5-12,16-17H,4,13-15H2,1-3H3,(H,26,30)/t16-,17-/m1/s1. The molecule has 0 saturated heterocycles. The van der Waals surface area contributed by atoms with Crippen molar-refractivity contribution in [3.63, 3.8) is 0 Å². The largest absolute Gasteiger partial charge is 0.352 e. The van der Waals surface area contributed by atoms with Crippen molar-refractivity contribution in [1.29, 1.82) is 0 Å². The lowest BCUT2D eigenvalue weighted by Crippen LogP contribution is -2.50. The Morgan fingerprint density at radius 3 is 2.38 bits per heavy atom. The summed E-state index contributed by atoms with van der Waals surface area (Å²) < 4.78 is 26.3. The molecular weight excluding hydrogens is 478 g/mol. The quantitative estimate of drug-likeness (QED) is 0.563. The number of hydrogen-bond acceptors (Lipinski definition) is 5. The lowest BCUT2D eigenvalue weighted by Gasteiger charge is -2.30. The van der Waals surface area contributed by atoms with Crippen LogP contribution in [0.5, 0.6) is 0 Å². The first-order chi connectivity index (χ1) is 16.1. The second-order valence-electron chi connectivity index (χ2n) is 8.24. The Hall–Kier alpha value is -2.91. The minimum atomic E-state index is -4.03. The Balaban J connectivity index is 1.80. The van der Waals surface area contributed by atoms with Crippen molar-refractivity contribution in [3.05, 3.63) is 64.7 Å². The van der Waals surface area contributed by atoms with Crippen molar-refractivity contribution in [1.82, 2.24) is 14.5 Å². The Kier molecular flexibility index (Phi) is 7.99. The van der Waals surface area contributed by atoms with Crippen LogP contribution in [0.3, 0.4) is 0 Å². The van der Waals surface area contributed by atoms with Gasteiger partial charge in [0.1, 0.15) is 10.9 Å². The molecule has 0 aliphatic carbocycles. The van der Waals surface area contributed by atoms with Crippen LogP contribution in [-0.2, 0) is 26.2 Å². The third-order valence-electron chi connectivity index (χ3n) is 5.91. The first-order valence-electron chi connectivity index (χ1n) is 11.1. The maximum atomic E-state index is 13.3. The van der Waals surface area contributed by atoms with Crippen LogP contribution in [0.4, 0.5) is 0 Å². The van der Waals surface area contributed by atoms with E-state index in [4.69, 9.17) is 11.6 Å². The first kappa shape index (κ1) is 25.7. The van der Waals surface area contributed by atoms with E-state index in [1.54, 1.807) is 43.3 Å². The van der Waals surface area contributed by atoms with E-state index in [1.807, 2.05) is 13.8 Å². The maximum Gasteiger partial charge on any atom is 0.269 e. The van der Waals surface area contributed by atoms with Gasteiger partial charge in [0.25, 0.3) is 15.9 Å². The van der Waals surface area contributed by atoms with Crippen molar-refractivity contribution in [3.8, 4) is 0 Å². The summed E-state index contributed by atoms with van der Waals surface area (Å²) in [5.41, 5.74) is 0.738. The van der Waals surface area contributed by atoms with Gasteiger partial charge in [0.15, 0.2) is 0 Å². The van der Waals surface area contributed by atoms with E-state index < -0.39 is 27.9 Å². The normalized spacial score (nSPS) is 16.0. The molecule has 1 aliphatic heterocycles. The highest BCUT2D eigenvalue weighted by molar-refractivity contribution is 7.90. The zero-order valence-corrected chi connectivity index (χ0v) is 20.9. The molecule has 1 heterocycles. The molecule has 0 bridgehead atoms. The summed E-state index contributed by atoms with van der Waals surface area (Å²) in [6, 6.07) is 12.0. The predicted molar refractivity (Wildman–Crippen MR) is 129 cm³/mol. The summed E-state index contributed by atoms with van der Waals surface area (Å²) in [7, 11) is -4.03. The molecule has 34 heavy (non-hydrogen) atoms. The van der Waals surface area contributed by atoms with Crippen molar-refractivity contribution < 1.29 is 22.8 Å². The predicted octanol–water partition coefficient (Wildman–Crippen LogP) is 3.21. The Morgan fingerprint density at radius 1 is 1.09 bits per heavy atom. The number of nitrogens with zero attached hydrogens (tertiary/aromatic N) is 2. The van der Waals surface area contributed by atoms with Gasteiger partial charge in [0, 0.05) is 30.6 Å². The Labute approximate surface area is 204 Å². The van der Waals surface area contributed by atoms with E-state index in [0.29, 0.717) is 14.9 Å². The third kappa shape index (κ3) is 5.26. The molecule has 0 fully saturated rings. The number of carbonyl (C=O) groups is 3. The van der Waals surface area contributed by atoms with Gasteiger partial charge in [-0.25, -0.2) is 12.7 Å². The molecule has 182 valence electrons. The van der Waals surface area contributed by atoms with Crippen LogP contribution in [0.2, 0.25) is 5.02 Å². The third-order valence-corrected chi connectivity index (χ3v) is 8.12. The molecule has 0 spiro atoms. The SMILES string of the molecule is CC[C@@H](C)NC(=O)[C@@H](C)N(Cc1ccccc1Cl)C(=O)CCN1C(=O)c2ccccc2S1(=O)=O. The van der Waals surface area contributed by atoms with Crippen LogP contribution < -0.4 is 5.32 Å². The van der Waals surface area contributed by atoms with Gasteiger partial charge >= 0.3 is 0 Å². The second kappa shape index (κ2) is 10.6. The topological polar surface area (TPSA) is 104 Å². The van der Waals surface area contributed by atoms with Gasteiger partial charge in [-0.2, -0.15) is 0 Å². The average Bonchev–Trinajstić information content (AvgIpc) is 3.01. The number of benzene rings is 2. The summed E-state index contributed by atoms with van der Waals surface area (Å²) in [5, 5.41) is 3.31. The number of rotatable bonds is 9. The van der Waals surface area contributed by atoms with Crippen molar-refractivity contribution >= 4 is 39.3 Å². The van der Waals surface area contributed by atoms with Crippen molar-refractivity contribution in [2.24, 2.45) is 0 Å². The van der Waals surface area contributed by atoms with E-state index in [1.165, 1.54) is 17.0 Å². The molecule has 3 rings (SSSR count). The minimum Gasteiger partial charge on any atom is -0.352 e. The minimum absolute atomic E-state index is 0.0640. The van der Waals surface area contributed by atoms with Crippen molar-refractivity contribution in [2.75, 3.05) is 6.54 Å². The van der Waals surface area contributed by atoms with Gasteiger partial charge < -0.3 is 10.2 Å². The van der Waals surface area contributed by atoms with Gasteiger partial charge in [0.05, 0.1) is 5.56 Å². The highest BCUT2D eigenvalue weighted by Crippen LogP contribution is 2.30. The molecule has 8 nitrogen and oxygen atoms in total. The number of carbonyl (C=O) groups excluding carboxylic acids is 3. The molecule has 2 aromatic rings. The molecule has 10 heteroatoms. The van der Waals surface area contributed by atoms with Gasteiger partial charge in [-0.3, -0.25) is 14.4 Å². The fourth-order valence-corrected chi connectivity index (χ4v) is 5.42. The molecule has 2 atom stereocenters. The number of nitrogens with one attached hydrogen (secondary N) is 1. The molecule has 1 aliphatic rings. The Bertz CT molecular complexity index is 1200. The molecule has 0 unspecified atom stereocenters. The van der Waals surface area contributed by atoms with Crippen LogP contribution in [0.25, 0.3) is 0 Å². The smallest absolute Gasteiger partial charge is 0.269 e. The van der Waals surface area contributed by atoms with Crippen LogP contribution in [0, 0.1) is 0 Å². The lowest BCUT2D eigenvalue weighted by atomic mass is 10.1. The zero-order valence-electron chi connectivity index (χ0n) is 19.3. The molecule has 1 N–H and O–H groups in total. The van der Waals surface area contributed by atoms with Crippen LogP contribution in [0.1, 0.15) is 49.5 Å². The fourth-order valence-electron chi connectivity index (χ4n) is 3.65. The molecule has 3 amide bonds. The number of halogens is 1. The van der Waals surface area contributed by atoms with Gasteiger partial charge in [0.2, 0.25) is 11.8 Å². The monoisotopic (exact) mass is 505 g/mol. The summed E-state index contributed by atoms with van der Waals surface area (Å²) in [4.78, 5) is 40.0. The summed E-state index contributed by atoms with van der Waals surface area (Å²) in [6.45, 7) is 5.15. The van der Waals surface area contributed by atoms with Gasteiger partial charge in [-0.05, 0) is 44.0 Å². The lowest BCUT2D eigenvalue weighted by molar-refractivity contribution is -0.140. The van der Waals surface area contributed by atoms with Gasteiger partial charge in [-0.1, -0.05) is 48.9 Å². The van der Waals surface area contributed by atoms with Crippen molar-refractivity contribution in [2.45, 2.75) is 57.1 Å². The van der Waals surface area contributed by atoms with E-state index in [9.17, 15) is 22.8 Å². The summed E-state index contributed by atoms with van der Waals surface area (Å²) in [5.74, 6) is -1.46. The summed E-state index contributed by atoms with van der Waals surface area (Å²) in [6.07, 6.45) is 0.455. The fraction of sp³-hybridized carbons (Fsp3) is 0.375. The molecule has 0 radical (unpaired) electrons. The highest BCUT2D eigenvalue weighted by Gasteiger charge is 2.41. The first-order valence-corrected chi connectivity index (χ1v) is 12.9. The number of hydrogen-bond donors (Lipinski definition) is 1. The maximum absolute atomic E-state index is 13.3. The highest BCUT2D eigenvalue weighted by atomic mass is 35.5. The Morgan fingerprint density at radius 2 is 1.74 bits per heavy atom. The van der Waals surface area contributed by atoms with E-state index >= 15 is 0 Å². The van der Waals surface area contributed by atoms with Crippen LogP contribution in [0.15, 0.2) is 53.4 Å². The second-order valence-corrected chi connectivity index (χ2v) is 10.5. The number of sulfonamides is 1. The summed E-state index contributed by atoms with van der Waals surface area (Å²) >= 11 is 6.28. The van der Waals surface area contributed by atoms with E-state index in [0.717, 1.165) is 6.42 Å². The van der Waals surface area contributed by atoms with E-state index in [2.05, 4.69) is 5.32 Å². The van der Waals surface area contributed by atoms with Crippen LogP contribution in [-0.4, -0.2) is 54.0 Å². The molecule has 0 saturated carbocycles. The number of fused-ring (bicyclic) bond motifs is 1. The molecule has 0 aromatic heterocycles. The average molecular weight is 506 g/mol. The number of amides is 3. The van der Waals surface area contributed by atoms with Crippen LogP contribution >= 0.6 is 11.6 Å². The molecule has 2 aromatic carbocycles. The van der Waals surface area contributed by atoms with E-state index in [-0.39, 0.29) is 41.9 Å². The zero-order chi connectivity index (χ0) is 25.0. The molecular formula is C24H28ClN3O5S.